The van der Waals surface area contributed by atoms with Crippen molar-refractivity contribution in [3.8, 4) is 5.75 Å². The molecule has 0 saturated carbocycles. The molecule has 0 bridgehead atoms. The van der Waals surface area contributed by atoms with Crippen LogP contribution in [0.15, 0.2) is 36.4 Å². The standard InChI is InChI=1S/C20H23FN2O3/c1-13-8-14(2)20(15(3)9-13)22-18(24)11-23(4)19(25)12-26-17-7-5-6-16(21)10-17/h5-10H,11-12H2,1-4H3,(H,22,24). The van der Waals surface area contributed by atoms with Crippen LogP contribution in [0.3, 0.4) is 0 Å². The molecule has 0 aliphatic rings. The van der Waals surface area contributed by atoms with Gasteiger partial charge >= 0.3 is 0 Å². The number of rotatable bonds is 6. The van der Waals surface area contributed by atoms with E-state index >= 15 is 0 Å². The van der Waals surface area contributed by atoms with Gasteiger partial charge in [0.25, 0.3) is 5.91 Å². The van der Waals surface area contributed by atoms with Crippen molar-refractivity contribution in [1.29, 1.82) is 0 Å². The van der Waals surface area contributed by atoms with Gasteiger partial charge < -0.3 is 15.0 Å². The Morgan fingerprint density at radius 1 is 1.12 bits per heavy atom. The van der Waals surface area contributed by atoms with E-state index in [1.165, 1.54) is 30.1 Å². The molecule has 26 heavy (non-hydrogen) atoms. The van der Waals surface area contributed by atoms with Crippen LogP contribution in [-0.2, 0) is 9.59 Å². The van der Waals surface area contributed by atoms with Gasteiger partial charge in [-0.15, -0.1) is 0 Å². The molecule has 1 N–H and O–H groups in total. The van der Waals surface area contributed by atoms with Crippen molar-refractivity contribution in [1.82, 2.24) is 4.90 Å². The van der Waals surface area contributed by atoms with Gasteiger partial charge in [-0.05, 0) is 44.0 Å². The fourth-order valence-electron chi connectivity index (χ4n) is 2.67. The Balaban J connectivity index is 1.89. The molecule has 0 fully saturated rings. The quantitative estimate of drug-likeness (QED) is 0.862. The number of likely N-dealkylation sites (N-methyl/N-ethyl adjacent to an activating group) is 1. The first-order valence-electron chi connectivity index (χ1n) is 8.26. The van der Waals surface area contributed by atoms with E-state index in [1.54, 1.807) is 6.07 Å². The zero-order valence-corrected chi connectivity index (χ0v) is 15.4. The lowest BCUT2D eigenvalue weighted by Gasteiger charge is -2.18. The molecular formula is C20H23FN2O3. The first kappa shape index (κ1) is 19.4. The predicted octanol–water partition coefficient (Wildman–Crippen LogP) is 3.23. The van der Waals surface area contributed by atoms with Crippen LogP contribution in [-0.4, -0.2) is 36.9 Å². The molecule has 2 amide bonds. The van der Waals surface area contributed by atoms with Crippen LogP contribution in [0.4, 0.5) is 10.1 Å². The number of carbonyl (C=O) groups is 2. The number of benzene rings is 2. The molecule has 6 heteroatoms. The van der Waals surface area contributed by atoms with Gasteiger partial charge in [0, 0.05) is 18.8 Å². The highest BCUT2D eigenvalue weighted by atomic mass is 19.1. The van der Waals surface area contributed by atoms with Crippen molar-refractivity contribution in [2.45, 2.75) is 20.8 Å². The Bertz CT molecular complexity index is 797. The summed E-state index contributed by atoms with van der Waals surface area (Å²) in [7, 11) is 1.52. The molecule has 2 aromatic carbocycles. The molecule has 0 atom stereocenters. The van der Waals surface area contributed by atoms with E-state index in [2.05, 4.69) is 5.32 Å². The lowest BCUT2D eigenvalue weighted by Crippen LogP contribution is -2.37. The van der Waals surface area contributed by atoms with Crippen LogP contribution in [0.5, 0.6) is 5.75 Å². The highest BCUT2D eigenvalue weighted by Crippen LogP contribution is 2.21. The molecule has 0 unspecified atom stereocenters. The number of carbonyl (C=O) groups excluding carboxylic acids is 2. The number of halogens is 1. The van der Waals surface area contributed by atoms with Gasteiger partial charge in [0.1, 0.15) is 11.6 Å². The van der Waals surface area contributed by atoms with Crippen LogP contribution in [0.1, 0.15) is 16.7 Å². The number of nitrogens with one attached hydrogen (secondary N) is 1. The molecule has 0 aromatic heterocycles. The molecule has 138 valence electrons. The number of hydrogen-bond acceptors (Lipinski definition) is 3. The molecule has 2 rings (SSSR count). The normalized spacial score (nSPS) is 10.3. The third-order valence-electron chi connectivity index (χ3n) is 3.91. The Kier molecular flexibility index (Phi) is 6.33. The first-order valence-corrected chi connectivity index (χ1v) is 8.26. The molecule has 0 spiro atoms. The minimum Gasteiger partial charge on any atom is -0.484 e. The summed E-state index contributed by atoms with van der Waals surface area (Å²) in [5, 5.41) is 2.85. The summed E-state index contributed by atoms with van der Waals surface area (Å²) < 4.78 is 18.3. The molecule has 2 aromatic rings. The third-order valence-corrected chi connectivity index (χ3v) is 3.91. The number of amides is 2. The van der Waals surface area contributed by atoms with Gasteiger partial charge in [0.05, 0.1) is 6.54 Å². The summed E-state index contributed by atoms with van der Waals surface area (Å²) in [5.41, 5.74) is 3.83. The molecule has 5 nitrogen and oxygen atoms in total. The highest BCUT2D eigenvalue weighted by molar-refractivity contribution is 5.95. The smallest absolute Gasteiger partial charge is 0.260 e. The van der Waals surface area contributed by atoms with Gasteiger partial charge in [-0.3, -0.25) is 9.59 Å². The van der Waals surface area contributed by atoms with Crippen LogP contribution in [0.25, 0.3) is 0 Å². The summed E-state index contributed by atoms with van der Waals surface area (Å²) >= 11 is 0. The van der Waals surface area contributed by atoms with Gasteiger partial charge in [-0.2, -0.15) is 0 Å². The van der Waals surface area contributed by atoms with Crippen LogP contribution in [0, 0.1) is 26.6 Å². The van der Waals surface area contributed by atoms with Crippen LogP contribution in [0.2, 0.25) is 0 Å². The Labute approximate surface area is 152 Å². The van der Waals surface area contributed by atoms with Crippen molar-refractivity contribution in [3.63, 3.8) is 0 Å². The van der Waals surface area contributed by atoms with E-state index in [0.29, 0.717) is 0 Å². The zero-order chi connectivity index (χ0) is 19.3. The van der Waals surface area contributed by atoms with Crippen LogP contribution < -0.4 is 10.1 Å². The fourth-order valence-corrected chi connectivity index (χ4v) is 2.67. The number of aryl methyl sites for hydroxylation is 3. The van der Waals surface area contributed by atoms with Crippen molar-refractivity contribution in [3.05, 3.63) is 58.9 Å². The summed E-state index contributed by atoms with van der Waals surface area (Å²) in [5.74, 6) is -0.836. The topological polar surface area (TPSA) is 58.6 Å². The van der Waals surface area contributed by atoms with Crippen molar-refractivity contribution in [2.75, 3.05) is 25.5 Å². The van der Waals surface area contributed by atoms with E-state index in [-0.39, 0.29) is 30.7 Å². The molecule has 0 saturated heterocycles. The second kappa shape index (κ2) is 8.47. The van der Waals surface area contributed by atoms with Gasteiger partial charge in [0.2, 0.25) is 5.91 Å². The average Bonchev–Trinajstić information content (AvgIpc) is 2.56. The molecular weight excluding hydrogens is 335 g/mol. The van der Waals surface area contributed by atoms with Gasteiger partial charge in [-0.25, -0.2) is 4.39 Å². The Hall–Kier alpha value is -2.89. The van der Waals surface area contributed by atoms with E-state index in [4.69, 9.17) is 4.74 Å². The molecule has 0 radical (unpaired) electrons. The maximum Gasteiger partial charge on any atom is 0.260 e. The van der Waals surface area contributed by atoms with Crippen LogP contribution >= 0.6 is 0 Å². The molecule has 0 heterocycles. The Morgan fingerprint density at radius 2 is 1.77 bits per heavy atom. The number of hydrogen-bond donors (Lipinski definition) is 1. The minimum atomic E-state index is -0.438. The van der Waals surface area contributed by atoms with Gasteiger partial charge in [-0.1, -0.05) is 23.8 Å². The zero-order valence-electron chi connectivity index (χ0n) is 15.4. The fraction of sp³-hybridized carbons (Fsp3) is 0.300. The average molecular weight is 358 g/mol. The van der Waals surface area contributed by atoms with E-state index in [9.17, 15) is 14.0 Å². The second-order valence-electron chi connectivity index (χ2n) is 6.32. The second-order valence-corrected chi connectivity index (χ2v) is 6.32. The largest absolute Gasteiger partial charge is 0.484 e. The van der Waals surface area contributed by atoms with Crippen molar-refractivity contribution in [2.24, 2.45) is 0 Å². The summed E-state index contributed by atoms with van der Waals surface area (Å²) in [6.45, 7) is 5.49. The van der Waals surface area contributed by atoms with Gasteiger partial charge in [0.15, 0.2) is 6.61 Å². The summed E-state index contributed by atoms with van der Waals surface area (Å²) in [6.07, 6.45) is 0. The van der Waals surface area contributed by atoms with E-state index in [1.807, 2.05) is 32.9 Å². The molecule has 0 aliphatic carbocycles. The predicted molar refractivity (Wildman–Crippen MR) is 98.8 cm³/mol. The van der Waals surface area contributed by atoms with E-state index in [0.717, 1.165) is 22.4 Å². The number of ether oxygens (including phenoxy) is 1. The highest BCUT2D eigenvalue weighted by Gasteiger charge is 2.15. The maximum absolute atomic E-state index is 13.1. The van der Waals surface area contributed by atoms with Crippen molar-refractivity contribution < 1.29 is 18.7 Å². The lowest BCUT2D eigenvalue weighted by atomic mass is 10.1. The van der Waals surface area contributed by atoms with E-state index < -0.39 is 5.82 Å². The summed E-state index contributed by atoms with van der Waals surface area (Å²) in [4.78, 5) is 25.6. The van der Waals surface area contributed by atoms with Crippen molar-refractivity contribution >= 4 is 17.5 Å². The number of anilines is 1. The third kappa shape index (κ3) is 5.31. The SMILES string of the molecule is Cc1cc(C)c(NC(=O)CN(C)C(=O)COc2cccc(F)c2)c(C)c1. The minimum absolute atomic E-state index is 0.0991. The monoisotopic (exact) mass is 358 g/mol. The number of nitrogens with zero attached hydrogens (tertiary/aromatic N) is 1. The maximum atomic E-state index is 13.1. The summed E-state index contributed by atoms with van der Waals surface area (Å²) in [6, 6.07) is 9.53. The first-order chi connectivity index (χ1) is 12.3. The Morgan fingerprint density at radius 3 is 2.38 bits per heavy atom. The molecule has 0 aliphatic heterocycles. The lowest BCUT2D eigenvalue weighted by molar-refractivity contribution is -0.135.